The summed E-state index contributed by atoms with van der Waals surface area (Å²) in [5, 5.41) is 2.09. The predicted octanol–water partition coefficient (Wildman–Crippen LogP) is 0.439. The quantitative estimate of drug-likeness (QED) is 0.825. The molecule has 0 bridgehead atoms. The number of carbonyl (C=O) groups excluding carboxylic acids is 3. The van der Waals surface area contributed by atoms with Gasteiger partial charge in [0.1, 0.15) is 0 Å². The van der Waals surface area contributed by atoms with Gasteiger partial charge in [-0.05, 0) is 12.5 Å². The van der Waals surface area contributed by atoms with Crippen molar-refractivity contribution in [3.05, 3.63) is 35.9 Å². The normalized spacial score (nSPS) is 16.2. The summed E-state index contributed by atoms with van der Waals surface area (Å²) in [4.78, 5) is 40.6. The number of carbonyl (C=O) groups is 3. The Morgan fingerprint density at radius 3 is 2.32 bits per heavy atom. The molecule has 1 aromatic rings. The first-order valence-electron chi connectivity index (χ1n) is 8.27. The second kappa shape index (κ2) is 8.48. The molecular formula is C17H25N5O3. The van der Waals surface area contributed by atoms with Gasteiger partial charge in [-0.3, -0.25) is 15.0 Å². The molecule has 1 atom stereocenters. The molecule has 0 aromatic heterocycles. The van der Waals surface area contributed by atoms with E-state index in [9.17, 15) is 14.4 Å². The molecule has 1 unspecified atom stereocenters. The van der Waals surface area contributed by atoms with Crippen LogP contribution in [-0.2, 0) is 11.3 Å². The average Bonchev–Trinajstić information content (AvgIpc) is 2.60. The highest BCUT2D eigenvalue weighted by Crippen LogP contribution is 2.10. The molecule has 0 radical (unpaired) electrons. The Hall–Kier alpha value is -2.61. The zero-order valence-corrected chi connectivity index (χ0v) is 14.6. The Morgan fingerprint density at radius 2 is 1.76 bits per heavy atom. The summed E-state index contributed by atoms with van der Waals surface area (Å²) < 4.78 is 0. The highest BCUT2D eigenvalue weighted by molar-refractivity contribution is 5.96. The third kappa shape index (κ3) is 5.18. The lowest BCUT2D eigenvalue weighted by Crippen LogP contribution is -2.57. The molecule has 5 amide bonds. The van der Waals surface area contributed by atoms with E-state index in [1.165, 1.54) is 0 Å². The first-order chi connectivity index (χ1) is 11.9. The Bertz CT molecular complexity index is 614. The topological polar surface area (TPSA) is 99.0 Å². The van der Waals surface area contributed by atoms with Crippen molar-refractivity contribution >= 4 is 18.0 Å². The standard InChI is InChI=1S/C17H25N5O3/c1-13(15(23)19-16(18)24)21-8-10-22(11-9-21)17(25)20(2)12-14-6-4-3-5-7-14/h3-7,13H,8-12H2,1-2H3,(H3,18,19,23,24). The number of imide groups is 1. The minimum absolute atomic E-state index is 0.0299. The van der Waals surface area contributed by atoms with Gasteiger partial charge in [-0.25, -0.2) is 9.59 Å². The van der Waals surface area contributed by atoms with Crippen LogP contribution in [0.2, 0.25) is 0 Å². The maximum Gasteiger partial charge on any atom is 0.320 e. The lowest BCUT2D eigenvalue weighted by molar-refractivity contribution is -0.125. The molecule has 136 valence electrons. The minimum atomic E-state index is -0.854. The lowest BCUT2D eigenvalue weighted by Gasteiger charge is -2.38. The molecule has 1 heterocycles. The fourth-order valence-corrected chi connectivity index (χ4v) is 2.86. The Balaban J connectivity index is 1.83. The van der Waals surface area contributed by atoms with Gasteiger partial charge in [-0.1, -0.05) is 30.3 Å². The summed E-state index contributed by atoms with van der Waals surface area (Å²) in [6.07, 6.45) is 0. The number of benzene rings is 1. The van der Waals surface area contributed by atoms with Crippen LogP contribution in [0.5, 0.6) is 0 Å². The van der Waals surface area contributed by atoms with Gasteiger partial charge in [0, 0.05) is 39.8 Å². The van der Waals surface area contributed by atoms with E-state index in [0.29, 0.717) is 32.7 Å². The number of nitrogens with one attached hydrogen (secondary N) is 1. The third-order valence-corrected chi connectivity index (χ3v) is 4.35. The fraction of sp³-hybridized carbons (Fsp3) is 0.471. The maximum atomic E-state index is 12.6. The van der Waals surface area contributed by atoms with Gasteiger partial charge in [0.2, 0.25) is 5.91 Å². The van der Waals surface area contributed by atoms with Crippen LogP contribution in [0.3, 0.4) is 0 Å². The molecule has 0 aliphatic carbocycles. The molecule has 2 rings (SSSR count). The van der Waals surface area contributed by atoms with Gasteiger partial charge in [0.15, 0.2) is 0 Å². The van der Waals surface area contributed by atoms with E-state index >= 15 is 0 Å². The smallest absolute Gasteiger partial charge is 0.320 e. The zero-order chi connectivity index (χ0) is 18.4. The van der Waals surface area contributed by atoms with Gasteiger partial charge in [-0.15, -0.1) is 0 Å². The summed E-state index contributed by atoms with van der Waals surface area (Å²) in [6.45, 7) is 4.48. The van der Waals surface area contributed by atoms with Gasteiger partial charge in [-0.2, -0.15) is 0 Å². The minimum Gasteiger partial charge on any atom is -0.351 e. The fourth-order valence-electron chi connectivity index (χ4n) is 2.86. The van der Waals surface area contributed by atoms with Crippen molar-refractivity contribution in [2.24, 2.45) is 5.73 Å². The average molecular weight is 347 g/mol. The molecule has 1 saturated heterocycles. The third-order valence-electron chi connectivity index (χ3n) is 4.35. The van der Waals surface area contributed by atoms with Gasteiger partial charge < -0.3 is 15.5 Å². The van der Waals surface area contributed by atoms with E-state index in [1.807, 2.05) is 35.2 Å². The van der Waals surface area contributed by atoms with Gasteiger partial charge in [0.25, 0.3) is 0 Å². The van der Waals surface area contributed by atoms with Crippen LogP contribution >= 0.6 is 0 Å². The number of nitrogens with zero attached hydrogens (tertiary/aromatic N) is 3. The van der Waals surface area contributed by atoms with Crippen molar-refractivity contribution in [2.75, 3.05) is 33.2 Å². The van der Waals surface area contributed by atoms with Crippen LogP contribution in [0.15, 0.2) is 30.3 Å². The van der Waals surface area contributed by atoms with Crippen LogP contribution < -0.4 is 11.1 Å². The number of amides is 5. The highest BCUT2D eigenvalue weighted by Gasteiger charge is 2.29. The van der Waals surface area contributed by atoms with Crippen molar-refractivity contribution in [3.8, 4) is 0 Å². The van der Waals surface area contributed by atoms with Crippen molar-refractivity contribution in [2.45, 2.75) is 19.5 Å². The monoisotopic (exact) mass is 347 g/mol. The first-order valence-corrected chi connectivity index (χ1v) is 8.27. The summed E-state index contributed by atoms with van der Waals surface area (Å²) in [6, 6.07) is 8.47. The molecule has 25 heavy (non-hydrogen) atoms. The molecular weight excluding hydrogens is 322 g/mol. The first kappa shape index (κ1) is 18.7. The molecule has 1 aliphatic rings. The van der Waals surface area contributed by atoms with Crippen molar-refractivity contribution in [1.29, 1.82) is 0 Å². The molecule has 1 fully saturated rings. The number of nitrogens with two attached hydrogens (primary N) is 1. The maximum absolute atomic E-state index is 12.6. The number of hydrogen-bond acceptors (Lipinski definition) is 4. The Labute approximate surface area is 147 Å². The predicted molar refractivity (Wildman–Crippen MR) is 93.6 cm³/mol. The van der Waals surface area contributed by atoms with Gasteiger partial charge >= 0.3 is 12.1 Å². The second-order valence-corrected chi connectivity index (χ2v) is 6.18. The van der Waals surface area contributed by atoms with Crippen LogP contribution in [0, 0.1) is 0 Å². The molecule has 8 heteroatoms. The molecule has 1 aliphatic heterocycles. The van der Waals surface area contributed by atoms with Crippen molar-refractivity contribution < 1.29 is 14.4 Å². The molecule has 0 saturated carbocycles. The van der Waals surface area contributed by atoms with Crippen LogP contribution in [0.4, 0.5) is 9.59 Å². The number of rotatable bonds is 4. The van der Waals surface area contributed by atoms with Crippen LogP contribution in [-0.4, -0.2) is 71.9 Å². The molecule has 1 aromatic carbocycles. The van der Waals surface area contributed by atoms with Crippen molar-refractivity contribution in [1.82, 2.24) is 20.0 Å². The van der Waals surface area contributed by atoms with Crippen molar-refractivity contribution in [3.63, 3.8) is 0 Å². The van der Waals surface area contributed by atoms with Crippen LogP contribution in [0.25, 0.3) is 0 Å². The van der Waals surface area contributed by atoms with E-state index in [-0.39, 0.29) is 6.03 Å². The van der Waals surface area contributed by atoms with E-state index in [1.54, 1.807) is 23.8 Å². The largest absolute Gasteiger partial charge is 0.351 e. The lowest BCUT2D eigenvalue weighted by atomic mass is 10.2. The summed E-state index contributed by atoms with van der Waals surface area (Å²) >= 11 is 0. The SMILES string of the molecule is CC(C(=O)NC(N)=O)N1CCN(C(=O)N(C)Cc2ccccc2)CC1. The summed E-state index contributed by atoms with van der Waals surface area (Å²) in [5.74, 6) is -0.423. The van der Waals surface area contributed by atoms with Crippen LogP contribution in [0.1, 0.15) is 12.5 Å². The Kier molecular flexibility index (Phi) is 6.35. The zero-order valence-electron chi connectivity index (χ0n) is 14.6. The van der Waals surface area contributed by atoms with Gasteiger partial charge in [0.05, 0.1) is 6.04 Å². The highest BCUT2D eigenvalue weighted by atomic mass is 16.2. The van der Waals surface area contributed by atoms with E-state index in [4.69, 9.17) is 5.73 Å². The number of piperazine rings is 1. The number of primary amides is 1. The molecule has 8 nitrogen and oxygen atoms in total. The van der Waals surface area contributed by atoms with E-state index in [0.717, 1.165) is 5.56 Å². The molecule has 0 spiro atoms. The number of urea groups is 2. The second-order valence-electron chi connectivity index (χ2n) is 6.18. The van der Waals surface area contributed by atoms with E-state index < -0.39 is 18.0 Å². The Morgan fingerprint density at radius 1 is 1.16 bits per heavy atom. The molecule has 3 N–H and O–H groups in total. The number of hydrogen-bond donors (Lipinski definition) is 2. The van der Waals surface area contributed by atoms with E-state index in [2.05, 4.69) is 5.32 Å². The summed E-state index contributed by atoms with van der Waals surface area (Å²) in [5.41, 5.74) is 6.05. The summed E-state index contributed by atoms with van der Waals surface area (Å²) in [7, 11) is 1.78.